The third kappa shape index (κ3) is 5.38. The first kappa shape index (κ1) is 15.5. The normalized spacial score (nSPS) is 18.1. The largest absolute Gasteiger partial charge is 0.356 e. The predicted octanol–water partition coefficient (Wildman–Crippen LogP) is 2.80. The smallest absolute Gasteiger partial charge is 0.225 e. The monoisotopic (exact) mass is 254 g/mol. The van der Waals surface area contributed by atoms with Crippen molar-refractivity contribution in [3.8, 4) is 0 Å². The number of nitrogens with one attached hydrogen (secondary N) is 1. The van der Waals surface area contributed by atoms with Gasteiger partial charge >= 0.3 is 0 Å². The fourth-order valence-corrected chi connectivity index (χ4v) is 2.50. The van der Waals surface area contributed by atoms with Crippen molar-refractivity contribution in [2.24, 2.45) is 5.41 Å². The van der Waals surface area contributed by atoms with Crippen LogP contribution in [0.25, 0.3) is 0 Å². The number of carbonyl (C=O) groups is 1. The molecule has 0 aromatic heterocycles. The third-order valence-corrected chi connectivity index (χ3v) is 3.85. The molecule has 0 aromatic carbocycles. The predicted molar refractivity (Wildman–Crippen MR) is 76.6 cm³/mol. The van der Waals surface area contributed by atoms with Gasteiger partial charge in [0.05, 0.1) is 0 Å². The molecule has 18 heavy (non-hydrogen) atoms. The molecule has 0 spiro atoms. The quantitative estimate of drug-likeness (QED) is 0.765. The summed E-state index contributed by atoms with van der Waals surface area (Å²) < 4.78 is 0. The van der Waals surface area contributed by atoms with E-state index < -0.39 is 0 Å². The van der Waals surface area contributed by atoms with Crippen molar-refractivity contribution in [3.63, 3.8) is 0 Å². The molecule has 0 heterocycles. The first-order chi connectivity index (χ1) is 8.41. The minimum absolute atomic E-state index is 0.155. The molecule has 0 aromatic rings. The molecule has 0 bridgehead atoms. The van der Waals surface area contributed by atoms with Gasteiger partial charge in [-0.15, -0.1) is 0 Å². The van der Waals surface area contributed by atoms with Crippen molar-refractivity contribution in [2.75, 3.05) is 20.1 Å². The van der Waals surface area contributed by atoms with Gasteiger partial charge in [-0.1, -0.05) is 40.0 Å². The lowest BCUT2D eigenvalue weighted by molar-refractivity contribution is -0.128. The number of amides is 1. The van der Waals surface area contributed by atoms with Gasteiger partial charge in [-0.3, -0.25) is 4.79 Å². The molecule has 1 aliphatic rings. The molecule has 0 unspecified atom stereocenters. The van der Waals surface area contributed by atoms with Gasteiger partial charge in [0.25, 0.3) is 0 Å². The molecule has 1 saturated carbocycles. The Morgan fingerprint density at radius 2 is 1.83 bits per heavy atom. The van der Waals surface area contributed by atoms with E-state index in [-0.39, 0.29) is 11.3 Å². The van der Waals surface area contributed by atoms with Gasteiger partial charge in [-0.25, -0.2) is 0 Å². The highest BCUT2D eigenvalue weighted by atomic mass is 16.2. The molecule has 0 aliphatic heterocycles. The fraction of sp³-hybridized carbons (Fsp3) is 0.933. The maximum atomic E-state index is 11.7. The second-order valence-electron chi connectivity index (χ2n) is 6.63. The molecular weight excluding hydrogens is 224 g/mol. The van der Waals surface area contributed by atoms with Crippen molar-refractivity contribution in [1.82, 2.24) is 10.2 Å². The maximum absolute atomic E-state index is 11.7. The highest BCUT2D eigenvalue weighted by Crippen LogP contribution is 2.21. The Morgan fingerprint density at radius 1 is 1.22 bits per heavy atom. The molecule has 0 atom stereocenters. The SMILES string of the molecule is CN(CCCNC(=O)C(C)(C)C)C1CCCCC1. The zero-order valence-corrected chi connectivity index (χ0v) is 12.6. The summed E-state index contributed by atoms with van der Waals surface area (Å²) in [5.74, 6) is 0.155. The van der Waals surface area contributed by atoms with Crippen LogP contribution in [0.5, 0.6) is 0 Å². The van der Waals surface area contributed by atoms with Crippen LogP contribution in [0.1, 0.15) is 59.3 Å². The summed E-state index contributed by atoms with van der Waals surface area (Å²) in [5.41, 5.74) is -0.269. The lowest BCUT2D eigenvalue weighted by atomic mass is 9.94. The molecule has 1 fully saturated rings. The maximum Gasteiger partial charge on any atom is 0.225 e. The van der Waals surface area contributed by atoms with E-state index in [1.807, 2.05) is 20.8 Å². The summed E-state index contributed by atoms with van der Waals surface area (Å²) in [5, 5.41) is 3.02. The van der Waals surface area contributed by atoms with E-state index in [9.17, 15) is 4.79 Å². The van der Waals surface area contributed by atoms with E-state index in [1.54, 1.807) is 0 Å². The van der Waals surface area contributed by atoms with Crippen molar-refractivity contribution < 1.29 is 4.79 Å². The van der Waals surface area contributed by atoms with Gasteiger partial charge in [-0.2, -0.15) is 0 Å². The van der Waals surface area contributed by atoms with Gasteiger partial charge in [0.2, 0.25) is 5.91 Å². The summed E-state index contributed by atoms with van der Waals surface area (Å²) in [6.45, 7) is 7.76. The van der Waals surface area contributed by atoms with E-state index in [2.05, 4.69) is 17.3 Å². The number of carbonyl (C=O) groups excluding carboxylic acids is 1. The molecule has 1 rings (SSSR count). The van der Waals surface area contributed by atoms with E-state index in [0.29, 0.717) is 0 Å². The lowest BCUT2D eigenvalue weighted by Gasteiger charge is -2.31. The van der Waals surface area contributed by atoms with Crippen LogP contribution in [-0.4, -0.2) is 37.0 Å². The summed E-state index contributed by atoms with van der Waals surface area (Å²) in [4.78, 5) is 14.2. The Kier molecular flexibility index (Phi) is 6.13. The van der Waals surface area contributed by atoms with Crippen LogP contribution in [0.4, 0.5) is 0 Å². The topological polar surface area (TPSA) is 32.3 Å². The average Bonchev–Trinajstić information content (AvgIpc) is 2.34. The number of hydrogen-bond donors (Lipinski definition) is 1. The van der Waals surface area contributed by atoms with Crippen LogP contribution < -0.4 is 5.32 Å². The summed E-state index contributed by atoms with van der Waals surface area (Å²) in [7, 11) is 2.22. The van der Waals surface area contributed by atoms with E-state index in [1.165, 1.54) is 32.1 Å². The summed E-state index contributed by atoms with van der Waals surface area (Å²) in [6.07, 6.45) is 7.93. The Balaban J connectivity index is 2.12. The standard InChI is InChI=1S/C15H30N2O/c1-15(2,3)14(18)16-11-8-12-17(4)13-9-6-5-7-10-13/h13H,5-12H2,1-4H3,(H,16,18). The summed E-state index contributed by atoms with van der Waals surface area (Å²) >= 11 is 0. The van der Waals surface area contributed by atoms with Crippen LogP contribution in [0, 0.1) is 5.41 Å². The second-order valence-corrected chi connectivity index (χ2v) is 6.63. The van der Waals surface area contributed by atoms with Crippen LogP contribution in [0.15, 0.2) is 0 Å². The summed E-state index contributed by atoms with van der Waals surface area (Å²) in [6, 6.07) is 0.775. The Morgan fingerprint density at radius 3 is 2.39 bits per heavy atom. The highest BCUT2D eigenvalue weighted by molar-refractivity contribution is 5.81. The molecule has 1 amide bonds. The molecule has 1 aliphatic carbocycles. The third-order valence-electron chi connectivity index (χ3n) is 3.85. The van der Waals surface area contributed by atoms with Crippen LogP contribution >= 0.6 is 0 Å². The molecular formula is C15H30N2O. The van der Waals surface area contributed by atoms with E-state index >= 15 is 0 Å². The number of nitrogens with zero attached hydrogens (tertiary/aromatic N) is 1. The zero-order valence-electron chi connectivity index (χ0n) is 12.6. The van der Waals surface area contributed by atoms with Crippen LogP contribution in [0.2, 0.25) is 0 Å². The molecule has 106 valence electrons. The number of rotatable bonds is 5. The highest BCUT2D eigenvalue weighted by Gasteiger charge is 2.21. The minimum Gasteiger partial charge on any atom is -0.356 e. The molecule has 1 N–H and O–H groups in total. The van der Waals surface area contributed by atoms with Crippen molar-refractivity contribution in [1.29, 1.82) is 0 Å². The van der Waals surface area contributed by atoms with Crippen LogP contribution in [-0.2, 0) is 4.79 Å². The number of hydrogen-bond acceptors (Lipinski definition) is 2. The van der Waals surface area contributed by atoms with Gasteiger partial charge in [0.1, 0.15) is 0 Å². The molecule has 3 nitrogen and oxygen atoms in total. The van der Waals surface area contributed by atoms with Gasteiger partial charge in [-0.05, 0) is 32.9 Å². The first-order valence-corrected chi connectivity index (χ1v) is 7.40. The van der Waals surface area contributed by atoms with Gasteiger partial charge < -0.3 is 10.2 Å². The molecule has 0 saturated heterocycles. The zero-order chi connectivity index (χ0) is 13.6. The van der Waals surface area contributed by atoms with Crippen LogP contribution in [0.3, 0.4) is 0 Å². The van der Waals surface area contributed by atoms with Crippen molar-refractivity contribution in [3.05, 3.63) is 0 Å². The van der Waals surface area contributed by atoms with Crippen molar-refractivity contribution >= 4 is 5.91 Å². The molecule has 0 radical (unpaired) electrons. The Bertz CT molecular complexity index is 252. The second kappa shape index (κ2) is 7.13. The fourth-order valence-electron chi connectivity index (χ4n) is 2.50. The van der Waals surface area contributed by atoms with Gasteiger partial charge in [0, 0.05) is 18.0 Å². The Hall–Kier alpha value is -0.570. The Labute approximate surface area is 112 Å². The first-order valence-electron chi connectivity index (χ1n) is 7.40. The average molecular weight is 254 g/mol. The van der Waals surface area contributed by atoms with E-state index in [0.717, 1.165) is 25.6 Å². The van der Waals surface area contributed by atoms with Gasteiger partial charge in [0.15, 0.2) is 0 Å². The van der Waals surface area contributed by atoms with Crippen molar-refractivity contribution in [2.45, 2.75) is 65.3 Å². The van der Waals surface area contributed by atoms with E-state index in [4.69, 9.17) is 0 Å². The lowest BCUT2D eigenvalue weighted by Crippen LogP contribution is -2.38. The molecule has 3 heteroatoms. The minimum atomic E-state index is -0.269.